The number of hydrogen-bond acceptors (Lipinski definition) is 4. The summed E-state index contributed by atoms with van der Waals surface area (Å²) in [5.41, 5.74) is 4.26. The minimum atomic E-state index is 0.390. The third-order valence-corrected chi connectivity index (χ3v) is 4.10. The largest absolute Gasteiger partial charge is 0.472 e. The van der Waals surface area contributed by atoms with Crippen molar-refractivity contribution in [3.63, 3.8) is 0 Å². The number of hydrogen-bond donors (Lipinski definition) is 0. The summed E-state index contributed by atoms with van der Waals surface area (Å²) in [6.07, 6.45) is 2.02. The fourth-order valence-electron chi connectivity index (χ4n) is 3.02. The molecule has 1 unspecified atom stereocenters. The molecule has 5 nitrogen and oxygen atoms in total. The van der Waals surface area contributed by atoms with Gasteiger partial charge in [-0.15, -0.1) is 0 Å². The minimum absolute atomic E-state index is 0.390. The highest BCUT2D eigenvalue weighted by atomic mass is 16.6. The molecule has 2 aliphatic rings. The third kappa shape index (κ3) is 2.09. The smallest absolute Gasteiger partial charge is 0.221 e. The van der Waals surface area contributed by atoms with Crippen LogP contribution in [0.1, 0.15) is 23.2 Å². The van der Waals surface area contributed by atoms with Gasteiger partial charge in [0.25, 0.3) is 0 Å². The Morgan fingerprint density at radius 1 is 1.33 bits per heavy atom. The second-order valence-corrected chi connectivity index (χ2v) is 5.53. The summed E-state index contributed by atoms with van der Waals surface area (Å²) in [4.78, 5) is 5.27. The average molecular weight is 283 g/mol. The number of fused-ring (bicyclic) bond motifs is 3. The first-order valence-corrected chi connectivity index (χ1v) is 7.26. The first-order chi connectivity index (χ1) is 10.3. The normalized spacial score (nSPS) is 19.5. The molecule has 5 heteroatoms. The summed E-state index contributed by atoms with van der Waals surface area (Å²) in [6, 6.07) is 10.2. The summed E-state index contributed by atoms with van der Waals surface area (Å²) < 4.78 is 7.85. The lowest BCUT2D eigenvalue weighted by molar-refractivity contribution is 0.152. The van der Waals surface area contributed by atoms with E-state index >= 15 is 0 Å². The van der Waals surface area contributed by atoms with Gasteiger partial charge in [-0.05, 0) is 18.4 Å². The molecule has 1 atom stereocenters. The third-order valence-electron chi connectivity index (χ3n) is 4.10. The van der Waals surface area contributed by atoms with Crippen LogP contribution in [0.15, 0.2) is 35.5 Å². The van der Waals surface area contributed by atoms with Crippen molar-refractivity contribution >= 4 is 5.71 Å². The number of nitrogens with zero attached hydrogens (tertiary/aromatic N) is 3. The van der Waals surface area contributed by atoms with Gasteiger partial charge < -0.3 is 9.57 Å². The predicted molar refractivity (Wildman–Crippen MR) is 78.3 cm³/mol. The van der Waals surface area contributed by atoms with Gasteiger partial charge in [0.15, 0.2) is 0 Å². The van der Waals surface area contributed by atoms with Gasteiger partial charge in [0.05, 0.1) is 11.3 Å². The molecule has 1 aromatic carbocycles. The number of ether oxygens (including phenoxy) is 1. The summed E-state index contributed by atoms with van der Waals surface area (Å²) in [7, 11) is 1.92. The van der Waals surface area contributed by atoms with Gasteiger partial charge in [-0.25, -0.2) is 4.68 Å². The highest BCUT2D eigenvalue weighted by molar-refractivity contribution is 6.06. The van der Waals surface area contributed by atoms with Crippen molar-refractivity contribution in [3.05, 3.63) is 47.2 Å². The lowest BCUT2D eigenvalue weighted by Crippen LogP contribution is -2.22. The van der Waals surface area contributed by atoms with E-state index in [1.165, 1.54) is 0 Å². The van der Waals surface area contributed by atoms with E-state index in [0.29, 0.717) is 19.1 Å². The van der Waals surface area contributed by atoms with E-state index in [1.807, 2.05) is 29.9 Å². The molecule has 2 heterocycles. The van der Waals surface area contributed by atoms with Crippen LogP contribution in [0.5, 0.6) is 5.88 Å². The highest BCUT2D eigenvalue weighted by Crippen LogP contribution is 2.35. The van der Waals surface area contributed by atoms with Crippen LogP contribution in [0, 0.1) is 5.92 Å². The summed E-state index contributed by atoms with van der Waals surface area (Å²) in [5, 5.41) is 8.79. The molecular formula is C16H17N3O2. The number of rotatable bonds is 3. The molecule has 0 fully saturated rings. The van der Waals surface area contributed by atoms with E-state index < -0.39 is 0 Å². The average Bonchev–Trinajstić information content (AvgIpc) is 3.09. The SMILES string of the molecule is Cn1nc2c(c1OCc1ccccc1)C1=NOCC1CC2. The molecule has 0 amide bonds. The van der Waals surface area contributed by atoms with E-state index in [0.717, 1.165) is 41.3 Å². The fraction of sp³-hybridized carbons (Fsp3) is 0.375. The Morgan fingerprint density at radius 2 is 2.19 bits per heavy atom. The van der Waals surface area contributed by atoms with Crippen LogP contribution in [-0.4, -0.2) is 22.1 Å². The van der Waals surface area contributed by atoms with Crippen molar-refractivity contribution in [3.8, 4) is 5.88 Å². The highest BCUT2D eigenvalue weighted by Gasteiger charge is 2.36. The quantitative estimate of drug-likeness (QED) is 0.868. The second-order valence-electron chi connectivity index (χ2n) is 5.53. The zero-order chi connectivity index (χ0) is 14.2. The first-order valence-electron chi connectivity index (χ1n) is 7.26. The maximum Gasteiger partial charge on any atom is 0.221 e. The van der Waals surface area contributed by atoms with E-state index in [-0.39, 0.29) is 0 Å². The predicted octanol–water partition coefficient (Wildman–Crippen LogP) is 2.30. The van der Waals surface area contributed by atoms with Crippen molar-refractivity contribution in [1.29, 1.82) is 0 Å². The Kier molecular flexibility index (Phi) is 2.91. The van der Waals surface area contributed by atoms with Gasteiger partial charge in [-0.1, -0.05) is 35.5 Å². The molecule has 0 saturated heterocycles. The zero-order valence-electron chi connectivity index (χ0n) is 12.0. The van der Waals surface area contributed by atoms with Crippen LogP contribution < -0.4 is 4.74 Å². The minimum Gasteiger partial charge on any atom is -0.472 e. The molecular weight excluding hydrogens is 266 g/mol. The van der Waals surface area contributed by atoms with E-state index in [2.05, 4.69) is 22.4 Å². The number of aryl methyl sites for hydroxylation is 2. The molecule has 4 rings (SSSR count). The Morgan fingerprint density at radius 3 is 3.05 bits per heavy atom. The molecule has 0 spiro atoms. The van der Waals surface area contributed by atoms with Crippen molar-refractivity contribution in [2.45, 2.75) is 19.4 Å². The van der Waals surface area contributed by atoms with Crippen LogP contribution in [0.4, 0.5) is 0 Å². The molecule has 1 aliphatic carbocycles. The van der Waals surface area contributed by atoms with Gasteiger partial charge >= 0.3 is 0 Å². The maximum absolute atomic E-state index is 6.03. The maximum atomic E-state index is 6.03. The topological polar surface area (TPSA) is 48.6 Å². The molecule has 0 radical (unpaired) electrons. The van der Waals surface area contributed by atoms with E-state index in [9.17, 15) is 0 Å². The molecule has 0 bridgehead atoms. The number of aromatic nitrogens is 2. The summed E-state index contributed by atoms with van der Waals surface area (Å²) >= 11 is 0. The van der Waals surface area contributed by atoms with Gasteiger partial charge in [-0.3, -0.25) is 0 Å². The van der Waals surface area contributed by atoms with Crippen molar-refractivity contribution in [2.75, 3.05) is 6.61 Å². The molecule has 1 aliphatic heterocycles. The lowest BCUT2D eigenvalue weighted by atomic mass is 9.86. The molecule has 108 valence electrons. The fourth-order valence-corrected chi connectivity index (χ4v) is 3.02. The van der Waals surface area contributed by atoms with Gasteiger partial charge in [0, 0.05) is 13.0 Å². The molecule has 21 heavy (non-hydrogen) atoms. The summed E-state index contributed by atoms with van der Waals surface area (Å²) in [5.74, 6) is 1.18. The molecule has 2 aromatic rings. The Hall–Kier alpha value is -2.30. The van der Waals surface area contributed by atoms with Gasteiger partial charge in [0.1, 0.15) is 18.9 Å². The van der Waals surface area contributed by atoms with Crippen LogP contribution in [0.2, 0.25) is 0 Å². The Bertz CT molecular complexity index is 691. The van der Waals surface area contributed by atoms with Crippen LogP contribution in [0.3, 0.4) is 0 Å². The number of oxime groups is 1. The Labute approximate surface area is 123 Å². The molecule has 1 aromatic heterocycles. The second kappa shape index (κ2) is 4.91. The van der Waals surface area contributed by atoms with Crippen LogP contribution in [0.25, 0.3) is 0 Å². The van der Waals surface area contributed by atoms with Crippen molar-refractivity contribution in [1.82, 2.24) is 9.78 Å². The Balaban J connectivity index is 1.65. The zero-order valence-corrected chi connectivity index (χ0v) is 12.0. The number of benzene rings is 1. The molecule has 0 N–H and O–H groups in total. The van der Waals surface area contributed by atoms with Crippen LogP contribution in [-0.2, 0) is 24.9 Å². The van der Waals surface area contributed by atoms with Gasteiger partial charge in [-0.2, -0.15) is 5.10 Å². The first kappa shape index (κ1) is 12.4. The van der Waals surface area contributed by atoms with Gasteiger partial charge in [0.2, 0.25) is 5.88 Å². The van der Waals surface area contributed by atoms with E-state index in [1.54, 1.807) is 0 Å². The van der Waals surface area contributed by atoms with Crippen LogP contribution >= 0.6 is 0 Å². The van der Waals surface area contributed by atoms with Crippen molar-refractivity contribution in [2.24, 2.45) is 18.1 Å². The van der Waals surface area contributed by atoms with Crippen molar-refractivity contribution < 1.29 is 9.57 Å². The summed E-state index contributed by atoms with van der Waals surface area (Å²) in [6.45, 7) is 1.22. The standard InChI is InChI=1S/C16H17N3O2/c1-19-16(20-9-11-5-3-2-4-6-11)14-13(17-19)8-7-12-10-21-18-15(12)14/h2-6,12H,7-10H2,1H3. The lowest BCUT2D eigenvalue weighted by Gasteiger charge is -2.17. The monoisotopic (exact) mass is 283 g/mol. The van der Waals surface area contributed by atoms with E-state index in [4.69, 9.17) is 9.57 Å². The molecule has 0 saturated carbocycles.